The lowest BCUT2D eigenvalue weighted by Crippen LogP contribution is -2.43. The molecule has 0 bridgehead atoms. The molecule has 0 spiro atoms. The molecule has 92 valence electrons. The number of aliphatic carboxylic acids is 1. The Kier molecular flexibility index (Phi) is 5.49. The zero-order valence-electron chi connectivity index (χ0n) is 9.79. The van der Waals surface area contributed by atoms with E-state index in [1.807, 2.05) is 0 Å². The summed E-state index contributed by atoms with van der Waals surface area (Å²) in [6, 6.07) is 0. The van der Waals surface area contributed by atoms with Crippen molar-refractivity contribution in [1.82, 2.24) is 10.6 Å². The minimum atomic E-state index is -1.01. The van der Waals surface area contributed by atoms with Crippen molar-refractivity contribution in [2.75, 3.05) is 13.1 Å². The van der Waals surface area contributed by atoms with Crippen molar-refractivity contribution < 1.29 is 19.5 Å². The number of hydrogen-bond acceptors (Lipinski definition) is 3. The van der Waals surface area contributed by atoms with E-state index < -0.39 is 17.3 Å². The molecule has 0 aromatic carbocycles. The molecule has 0 unspecified atom stereocenters. The number of nitrogens with one attached hydrogen (secondary N) is 2. The molecule has 0 saturated heterocycles. The molecular weight excluding hydrogens is 212 g/mol. The van der Waals surface area contributed by atoms with Crippen molar-refractivity contribution in [1.29, 1.82) is 0 Å². The maximum atomic E-state index is 11.2. The number of amides is 2. The first-order chi connectivity index (χ1) is 7.29. The molecule has 2 amide bonds. The van der Waals surface area contributed by atoms with E-state index in [0.717, 1.165) is 0 Å². The van der Waals surface area contributed by atoms with Gasteiger partial charge in [0.15, 0.2) is 0 Å². The van der Waals surface area contributed by atoms with Crippen LogP contribution in [-0.4, -0.2) is 36.0 Å². The van der Waals surface area contributed by atoms with Crippen LogP contribution in [0.4, 0.5) is 0 Å². The fourth-order valence-electron chi connectivity index (χ4n) is 0.762. The standard InChI is InChI=1S/C10H18N2O4/c1-4-7(13)11-5-8(14)12-6-10(2,3)9(15)16/h4-6H2,1-3H3,(H,11,13)(H,12,14)(H,15,16). The summed E-state index contributed by atoms with van der Waals surface area (Å²) in [6.45, 7) is 4.62. The zero-order valence-corrected chi connectivity index (χ0v) is 9.79. The molecule has 0 atom stereocenters. The normalized spacial score (nSPS) is 10.7. The van der Waals surface area contributed by atoms with Crippen LogP contribution in [0.15, 0.2) is 0 Å². The van der Waals surface area contributed by atoms with E-state index in [4.69, 9.17) is 5.11 Å². The van der Waals surface area contributed by atoms with Crippen LogP contribution in [0, 0.1) is 5.41 Å². The number of carboxylic acids is 1. The Morgan fingerprint density at radius 1 is 1.12 bits per heavy atom. The molecule has 6 heteroatoms. The second-order valence-corrected chi connectivity index (χ2v) is 4.10. The van der Waals surface area contributed by atoms with Gasteiger partial charge in [0.05, 0.1) is 12.0 Å². The minimum absolute atomic E-state index is 0.0309. The van der Waals surface area contributed by atoms with Crippen LogP contribution in [-0.2, 0) is 14.4 Å². The predicted octanol–water partition coefficient (Wildman–Crippen LogP) is -0.260. The van der Waals surface area contributed by atoms with E-state index in [9.17, 15) is 14.4 Å². The molecule has 0 fully saturated rings. The summed E-state index contributed by atoms with van der Waals surface area (Å²) in [4.78, 5) is 32.8. The predicted molar refractivity (Wildman–Crippen MR) is 57.7 cm³/mol. The molecule has 16 heavy (non-hydrogen) atoms. The van der Waals surface area contributed by atoms with E-state index in [-0.39, 0.29) is 19.0 Å². The highest BCUT2D eigenvalue weighted by molar-refractivity contribution is 5.85. The molecule has 0 aromatic rings. The van der Waals surface area contributed by atoms with Crippen LogP contribution < -0.4 is 10.6 Å². The second kappa shape index (κ2) is 6.09. The van der Waals surface area contributed by atoms with Crippen LogP contribution in [0.25, 0.3) is 0 Å². The van der Waals surface area contributed by atoms with Crippen molar-refractivity contribution in [3.8, 4) is 0 Å². The number of carbonyl (C=O) groups excluding carboxylic acids is 2. The number of hydrogen-bond donors (Lipinski definition) is 3. The highest BCUT2D eigenvalue weighted by Gasteiger charge is 2.27. The fourth-order valence-corrected chi connectivity index (χ4v) is 0.762. The smallest absolute Gasteiger partial charge is 0.310 e. The number of rotatable bonds is 6. The quantitative estimate of drug-likeness (QED) is 0.585. The SMILES string of the molecule is CCC(=O)NCC(=O)NCC(C)(C)C(=O)O. The highest BCUT2D eigenvalue weighted by atomic mass is 16.4. The van der Waals surface area contributed by atoms with Crippen molar-refractivity contribution >= 4 is 17.8 Å². The summed E-state index contributed by atoms with van der Waals surface area (Å²) in [5, 5.41) is 13.6. The highest BCUT2D eigenvalue weighted by Crippen LogP contribution is 2.12. The lowest BCUT2D eigenvalue weighted by atomic mass is 9.94. The van der Waals surface area contributed by atoms with Gasteiger partial charge in [-0.2, -0.15) is 0 Å². The zero-order chi connectivity index (χ0) is 12.8. The van der Waals surface area contributed by atoms with E-state index in [1.165, 1.54) is 13.8 Å². The van der Waals surface area contributed by atoms with E-state index in [0.29, 0.717) is 6.42 Å². The third-order valence-corrected chi connectivity index (χ3v) is 2.07. The molecule has 0 saturated carbocycles. The Morgan fingerprint density at radius 3 is 2.12 bits per heavy atom. The van der Waals surface area contributed by atoms with Gasteiger partial charge in [-0.1, -0.05) is 6.92 Å². The summed E-state index contributed by atoms with van der Waals surface area (Å²) in [7, 11) is 0. The van der Waals surface area contributed by atoms with Crippen LogP contribution >= 0.6 is 0 Å². The van der Waals surface area contributed by atoms with E-state index in [1.54, 1.807) is 6.92 Å². The Bertz CT molecular complexity index is 287. The summed E-state index contributed by atoms with van der Waals surface area (Å²) >= 11 is 0. The largest absolute Gasteiger partial charge is 0.481 e. The summed E-state index contributed by atoms with van der Waals surface area (Å²) in [5.74, 6) is -1.59. The summed E-state index contributed by atoms with van der Waals surface area (Å²) in [5.41, 5.74) is -1.01. The lowest BCUT2D eigenvalue weighted by Gasteiger charge is -2.19. The second-order valence-electron chi connectivity index (χ2n) is 4.10. The van der Waals surface area contributed by atoms with Gasteiger partial charge in [-0.05, 0) is 13.8 Å². The molecular formula is C10H18N2O4. The lowest BCUT2D eigenvalue weighted by molar-refractivity contribution is -0.146. The number of carbonyl (C=O) groups is 3. The fraction of sp³-hybridized carbons (Fsp3) is 0.700. The Balaban J connectivity index is 3.90. The van der Waals surface area contributed by atoms with Gasteiger partial charge in [0, 0.05) is 13.0 Å². The van der Waals surface area contributed by atoms with Crippen LogP contribution in [0.2, 0.25) is 0 Å². The average Bonchev–Trinajstić information content (AvgIpc) is 2.22. The minimum Gasteiger partial charge on any atom is -0.481 e. The summed E-state index contributed by atoms with van der Waals surface area (Å²) < 4.78 is 0. The van der Waals surface area contributed by atoms with Crippen LogP contribution in [0.5, 0.6) is 0 Å². The molecule has 0 aromatic heterocycles. The number of carboxylic acid groups (broad SMARTS) is 1. The molecule has 0 aliphatic rings. The monoisotopic (exact) mass is 230 g/mol. The third kappa shape index (κ3) is 5.33. The van der Waals surface area contributed by atoms with E-state index in [2.05, 4.69) is 10.6 Å². The van der Waals surface area contributed by atoms with Crippen molar-refractivity contribution in [3.05, 3.63) is 0 Å². The first-order valence-electron chi connectivity index (χ1n) is 5.06. The van der Waals surface area contributed by atoms with Gasteiger partial charge in [0.2, 0.25) is 11.8 Å². The molecule has 3 N–H and O–H groups in total. The summed E-state index contributed by atoms with van der Waals surface area (Å²) in [6.07, 6.45) is 0.313. The maximum Gasteiger partial charge on any atom is 0.310 e. The van der Waals surface area contributed by atoms with Crippen molar-refractivity contribution in [2.24, 2.45) is 5.41 Å². The molecule has 0 radical (unpaired) electrons. The average molecular weight is 230 g/mol. The first-order valence-corrected chi connectivity index (χ1v) is 5.06. The Labute approximate surface area is 94.4 Å². The molecule has 0 aliphatic carbocycles. The van der Waals surface area contributed by atoms with Crippen LogP contribution in [0.1, 0.15) is 27.2 Å². The van der Waals surface area contributed by atoms with Crippen molar-refractivity contribution in [2.45, 2.75) is 27.2 Å². The van der Waals surface area contributed by atoms with Gasteiger partial charge in [-0.25, -0.2) is 0 Å². The van der Waals surface area contributed by atoms with Gasteiger partial charge in [0.25, 0.3) is 0 Å². The first kappa shape index (κ1) is 14.4. The third-order valence-electron chi connectivity index (χ3n) is 2.07. The maximum absolute atomic E-state index is 11.2. The van der Waals surface area contributed by atoms with Gasteiger partial charge < -0.3 is 15.7 Å². The van der Waals surface area contributed by atoms with Gasteiger partial charge in [-0.15, -0.1) is 0 Å². The molecule has 0 aliphatic heterocycles. The van der Waals surface area contributed by atoms with Crippen LogP contribution in [0.3, 0.4) is 0 Å². The van der Waals surface area contributed by atoms with Gasteiger partial charge in [0.1, 0.15) is 0 Å². The van der Waals surface area contributed by atoms with Gasteiger partial charge in [-0.3, -0.25) is 14.4 Å². The topological polar surface area (TPSA) is 95.5 Å². The van der Waals surface area contributed by atoms with Gasteiger partial charge >= 0.3 is 5.97 Å². The molecule has 6 nitrogen and oxygen atoms in total. The Morgan fingerprint density at radius 2 is 1.69 bits per heavy atom. The van der Waals surface area contributed by atoms with E-state index >= 15 is 0 Å². The molecule has 0 rings (SSSR count). The Hall–Kier alpha value is -1.59. The van der Waals surface area contributed by atoms with Crippen molar-refractivity contribution in [3.63, 3.8) is 0 Å². The molecule has 0 heterocycles.